The number of nitrogens with zero attached hydrogens (tertiary/aromatic N) is 2. The highest BCUT2D eigenvalue weighted by molar-refractivity contribution is 8.06. The number of thioether (sulfide) groups is 2. The lowest BCUT2D eigenvalue weighted by Crippen LogP contribution is -2.68. The number of β-lactam (4-membered cyclic amide) rings is 1. The molecule has 32 heavy (non-hydrogen) atoms. The summed E-state index contributed by atoms with van der Waals surface area (Å²) in [5, 5.41) is 11.0. The first kappa shape index (κ1) is 22.1. The monoisotopic (exact) mass is 468 g/mol. The van der Waals surface area contributed by atoms with Gasteiger partial charge in [0.05, 0.1) is 7.11 Å². The van der Waals surface area contributed by atoms with Crippen molar-refractivity contribution >= 4 is 41.1 Å². The number of rotatable bonds is 7. The summed E-state index contributed by atoms with van der Waals surface area (Å²) in [6.45, 7) is 0.0741. The minimum absolute atomic E-state index is 0.0741. The minimum Gasteiger partial charge on any atom is -0.497 e. The van der Waals surface area contributed by atoms with E-state index < -0.39 is 12.0 Å². The van der Waals surface area contributed by atoms with E-state index in [4.69, 9.17) is 20.5 Å². The molecule has 8 nitrogen and oxygen atoms in total. The van der Waals surface area contributed by atoms with E-state index in [9.17, 15) is 9.59 Å². The van der Waals surface area contributed by atoms with Crippen LogP contribution in [0.15, 0.2) is 64.0 Å². The molecule has 2 atom stereocenters. The lowest BCUT2D eigenvalue weighted by molar-refractivity contribution is -0.151. The third-order valence-electron chi connectivity index (χ3n) is 4.99. The molecule has 0 bridgehead atoms. The quantitative estimate of drug-likeness (QED) is 0.274. The van der Waals surface area contributed by atoms with Gasteiger partial charge in [-0.05, 0) is 42.0 Å². The summed E-state index contributed by atoms with van der Waals surface area (Å²) >= 11 is 2.92. The van der Waals surface area contributed by atoms with E-state index in [0.717, 1.165) is 15.4 Å². The molecule has 2 heterocycles. The molecule has 4 rings (SSSR count). The SMILES string of the molecule is COc1ccc(COC(=O)C2=C(Sc3ccc(NC#N)cc3)CS[C@@H]3[C@H](N)C(=O)N23)cc1. The Morgan fingerprint density at radius 2 is 2.00 bits per heavy atom. The molecule has 1 amide bonds. The molecule has 3 N–H and O–H groups in total. The van der Waals surface area contributed by atoms with Gasteiger partial charge in [-0.3, -0.25) is 15.0 Å². The molecule has 0 aromatic heterocycles. The summed E-state index contributed by atoms with van der Waals surface area (Å²) in [7, 11) is 1.58. The molecule has 0 unspecified atom stereocenters. The lowest BCUT2D eigenvalue weighted by atomic mass is 10.1. The Kier molecular flexibility index (Phi) is 6.60. The van der Waals surface area contributed by atoms with E-state index >= 15 is 0 Å². The minimum atomic E-state index is -0.618. The Morgan fingerprint density at radius 1 is 1.28 bits per heavy atom. The zero-order valence-electron chi connectivity index (χ0n) is 17.1. The fourth-order valence-electron chi connectivity index (χ4n) is 3.31. The van der Waals surface area contributed by atoms with E-state index in [1.54, 1.807) is 31.4 Å². The number of hydrogen-bond acceptors (Lipinski definition) is 9. The first-order valence-electron chi connectivity index (χ1n) is 9.68. The van der Waals surface area contributed by atoms with Crippen LogP contribution >= 0.6 is 23.5 Å². The highest BCUT2D eigenvalue weighted by Gasteiger charge is 2.52. The van der Waals surface area contributed by atoms with Crippen molar-refractivity contribution in [2.75, 3.05) is 18.2 Å². The average Bonchev–Trinajstić information content (AvgIpc) is 2.83. The number of benzene rings is 2. The summed E-state index contributed by atoms with van der Waals surface area (Å²) in [6.07, 6.45) is 1.87. The van der Waals surface area contributed by atoms with Crippen LogP contribution in [0.25, 0.3) is 0 Å². The fourth-order valence-corrected chi connectivity index (χ4v) is 5.72. The Hall–Kier alpha value is -3.13. The molecular formula is C22H20N4O4S2. The first-order chi connectivity index (χ1) is 15.5. The second-order valence-electron chi connectivity index (χ2n) is 6.99. The van der Waals surface area contributed by atoms with E-state index in [1.807, 2.05) is 30.5 Å². The van der Waals surface area contributed by atoms with Gasteiger partial charge >= 0.3 is 5.97 Å². The summed E-state index contributed by atoms with van der Waals surface area (Å²) in [5.74, 6) is 0.407. The van der Waals surface area contributed by atoms with Crippen LogP contribution in [0.1, 0.15) is 5.56 Å². The molecule has 0 saturated carbocycles. The average molecular weight is 469 g/mol. The maximum atomic E-state index is 13.1. The van der Waals surface area contributed by atoms with Gasteiger partial charge in [-0.25, -0.2) is 4.79 Å². The molecule has 0 spiro atoms. The normalized spacial score (nSPS) is 19.5. The number of esters is 1. The van der Waals surface area contributed by atoms with Gasteiger partial charge in [-0.1, -0.05) is 23.9 Å². The highest BCUT2D eigenvalue weighted by atomic mass is 32.2. The standard InChI is InChI=1S/C22H20N4O4S2/c1-29-15-6-2-13(3-7-15)10-30-22(28)19-17(11-31-21-18(24)20(27)26(19)21)32-16-8-4-14(5-9-16)25-12-23/h2-9,18,21,25H,10-11,24H2,1H3/t18-,21-/m1/s1. The summed E-state index contributed by atoms with van der Waals surface area (Å²) in [5.41, 5.74) is 7.67. The molecule has 164 valence electrons. The van der Waals surface area contributed by atoms with Crippen LogP contribution in [-0.4, -0.2) is 41.1 Å². The number of fused-ring (bicyclic) bond motifs is 1. The van der Waals surface area contributed by atoms with E-state index in [0.29, 0.717) is 17.2 Å². The number of carbonyl (C=O) groups excluding carboxylic acids is 2. The van der Waals surface area contributed by atoms with Crippen molar-refractivity contribution in [3.63, 3.8) is 0 Å². The lowest BCUT2D eigenvalue weighted by Gasteiger charge is -2.48. The van der Waals surface area contributed by atoms with Gasteiger partial charge in [0, 0.05) is 21.2 Å². The van der Waals surface area contributed by atoms with Crippen LogP contribution in [0.5, 0.6) is 5.75 Å². The van der Waals surface area contributed by atoms with Gasteiger partial charge in [-0.15, -0.1) is 11.8 Å². The maximum Gasteiger partial charge on any atom is 0.356 e. The highest BCUT2D eigenvalue weighted by Crippen LogP contribution is 2.45. The van der Waals surface area contributed by atoms with Gasteiger partial charge in [0.2, 0.25) is 5.91 Å². The number of hydrogen-bond donors (Lipinski definition) is 2. The number of methoxy groups -OCH3 is 1. The van der Waals surface area contributed by atoms with Crippen LogP contribution in [0.2, 0.25) is 0 Å². The van der Waals surface area contributed by atoms with Gasteiger partial charge in [-0.2, -0.15) is 5.26 Å². The van der Waals surface area contributed by atoms with E-state index in [2.05, 4.69) is 5.32 Å². The smallest absolute Gasteiger partial charge is 0.356 e. The van der Waals surface area contributed by atoms with Gasteiger partial charge in [0.15, 0.2) is 6.19 Å². The third kappa shape index (κ3) is 4.41. The van der Waals surface area contributed by atoms with Crippen molar-refractivity contribution in [2.45, 2.75) is 22.9 Å². The van der Waals surface area contributed by atoms with Gasteiger partial charge in [0.1, 0.15) is 29.5 Å². The zero-order chi connectivity index (χ0) is 22.7. The zero-order valence-corrected chi connectivity index (χ0v) is 18.7. The maximum absolute atomic E-state index is 13.1. The number of nitrogens with one attached hydrogen (secondary N) is 1. The summed E-state index contributed by atoms with van der Waals surface area (Å²) in [4.78, 5) is 28.6. The van der Waals surface area contributed by atoms with Crippen molar-refractivity contribution in [1.82, 2.24) is 4.90 Å². The van der Waals surface area contributed by atoms with Crippen LogP contribution in [0.3, 0.4) is 0 Å². The molecule has 1 saturated heterocycles. The van der Waals surface area contributed by atoms with Crippen LogP contribution in [-0.2, 0) is 20.9 Å². The van der Waals surface area contributed by atoms with Crippen molar-refractivity contribution in [3.05, 3.63) is 64.7 Å². The molecule has 10 heteroatoms. The van der Waals surface area contributed by atoms with E-state index in [-0.39, 0.29) is 23.6 Å². The Morgan fingerprint density at radius 3 is 2.66 bits per heavy atom. The number of ether oxygens (including phenoxy) is 2. The van der Waals surface area contributed by atoms with Gasteiger partial charge < -0.3 is 15.2 Å². The predicted octanol–water partition coefficient (Wildman–Crippen LogP) is 2.88. The first-order valence-corrected chi connectivity index (χ1v) is 11.5. The number of anilines is 1. The van der Waals surface area contributed by atoms with Crippen molar-refractivity contribution in [3.8, 4) is 11.9 Å². The summed E-state index contributed by atoms with van der Waals surface area (Å²) in [6, 6.07) is 13.8. The van der Waals surface area contributed by atoms with Crippen molar-refractivity contribution in [2.24, 2.45) is 5.73 Å². The molecule has 0 aliphatic carbocycles. The molecule has 2 aliphatic rings. The second-order valence-corrected chi connectivity index (χ2v) is 9.27. The summed E-state index contributed by atoms with van der Waals surface area (Å²) < 4.78 is 10.7. The predicted molar refractivity (Wildman–Crippen MR) is 122 cm³/mol. The number of nitrogens with two attached hydrogens (primary N) is 1. The van der Waals surface area contributed by atoms with Crippen molar-refractivity contribution in [1.29, 1.82) is 5.26 Å². The molecular weight excluding hydrogens is 448 g/mol. The van der Waals surface area contributed by atoms with Crippen LogP contribution < -0.4 is 15.8 Å². The van der Waals surface area contributed by atoms with Gasteiger partial charge in [0.25, 0.3) is 0 Å². The second kappa shape index (κ2) is 9.56. The topological polar surface area (TPSA) is 118 Å². The molecule has 0 radical (unpaired) electrons. The number of carbonyl (C=O) groups is 2. The Balaban J connectivity index is 1.55. The largest absolute Gasteiger partial charge is 0.497 e. The Bertz CT molecular complexity index is 1100. The van der Waals surface area contributed by atoms with Crippen LogP contribution in [0.4, 0.5) is 5.69 Å². The van der Waals surface area contributed by atoms with Crippen molar-refractivity contribution < 1.29 is 19.1 Å². The van der Waals surface area contributed by atoms with Crippen LogP contribution in [0, 0.1) is 11.5 Å². The fraction of sp³-hybridized carbons (Fsp3) is 0.227. The Labute approximate surface area is 193 Å². The third-order valence-corrected chi connectivity index (χ3v) is 7.57. The van der Waals surface area contributed by atoms with E-state index in [1.165, 1.54) is 28.4 Å². The number of nitriles is 1. The molecule has 2 aromatic carbocycles. The molecule has 2 aliphatic heterocycles. The number of amides is 1. The molecule has 1 fully saturated rings. The molecule has 2 aromatic rings.